The molecule has 2 fully saturated rings. The molecule has 76 valence electrons. The third-order valence-corrected chi connectivity index (χ3v) is 4.80. The first-order valence-corrected chi connectivity index (χ1v) is 5.99. The van der Waals surface area contributed by atoms with Crippen LogP contribution in [0.4, 0.5) is 0 Å². The van der Waals surface area contributed by atoms with Crippen LogP contribution in [0, 0.1) is 17.8 Å². The molecular formula is C14H14O. The summed E-state index contributed by atoms with van der Waals surface area (Å²) in [6.45, 7) is 0. The Morgan fingerprint density at radius 2 is 1.73 bits per heavy atom. The molecule has 1 heteroatoms. The Bertz CT molecular complexity index is 448. The molecule has 0 radical (unpaired) electrons. The van der Waals surface area contributed by atoms with Crippen LogP contribution in [-0.4, -0.2) is 5.78 Å². The van der Waals surface area contributed by atoms with Gasteiger partial charge in [0.2, 0.25) is 0 Å². The van der Waals surface area contributed by atoms with Crippen LogP contribution in [0.2, 0.25) is 0 Å². The quantitative estimate of drug-likeness (QED) is 0.626. The van der Waals surface area contributed by atoms with Crippen molar-refractivity contribution in [2.24, 2.45) is 17.8 Å². The number of carbonyl (C=O) groups excluding carboxylic acids is 1. The minimum atomic E-state index is 0.362. The Hall–Kier alpha value is -1.11. The molecule has 1 nitrogen and oxygen atoms in total. The first kappa shape index (κ1) is 8.09. The third kappa shape index (κ3) is 0.831. The summed E-state index contributed by atoms with van der Waals surface area (Å²) >= 11 is 0. The zero-order valence-electron chi connectivity index (χ0n) is 8.65. The minimum absolute atomic E-state index is 0.362. The molecular weight excluding hydrogens is 184 g/mol. The topological polar surface area (TPSA) is 17.1 Å². The summed E-state index contributed by atoms with van der Waals surface area (Å²) in [6, 6.07) is 8.29. The van der Waals surface area contributed by atoms with Crippen molar-refractivity contribution in [3.05, 3.63) is 35.4 Å². The molecule has 0 amide bonds. The number of ketones is 1. The molecule has 2 bridgehead atoms. The molecule has 0 saturated heterocycles. The molecule has 0 heterocycles. The van der Waals surface area contributed by atoms with Crippen LogP contribution < -0.4 is 0 Å². The SMILES string of the molecule is O=C1c2ccccc2[C@@H]2[C@H]3CC[C@@H](C3)[C@@H]12. The second-order valence-electron chi connectivity index (χ2n) is 5.34. The van der Waals surface area contributed by atoms with Gasteiger partial charge in [-0.3, -0.25) is 4.79 Å². The highest BCUT2D eigenvalue weighted by Crippen LogP contribution is 2.61. The molecule has 0 unspecified atom stereocenters. The molecule has 0 N–H and O–H groups in total. The van der Waals surface area contributed by atoms with Crippen LogP contribution in [0.1, 0.15) is 41.1 Å². The smallest absolute Gasteiger partial charge is 0.167 e. The largest absolute Gasteiger partial charge is 0.294 e. The maximum atomic E-state index is 12.3. The fraction of sp³-hybridized carbons (Fsp3) is 0.500. The molecule has 3 aliphatic rings. The van der Waals surface area contributed by atoms with Gasteiger partial charge in [-0.15, -0.1) is 0 Å². The predicted molar refractivity (Wildman–Crippen MR) is 57.8 cm³/mol. The average Bonchev–Trinajstić information content (AvgIpc) is 2.92. The molecule has 2 saturated carbocycles. The van der Waals surface area contributed by atoms with Gasteiger partial charge < -0.3 is 0 Å². The lowest BCUT2D eigenvalue weighted by Gasteiger charge is -2.23. The van der Waals surface area contributed by atoms with E-state index in [4.69, 9.17) is 0 Å². The van der Waals surface area contributed by atoms with Crippen LogP contribution in [0.15, 0.2) is 24.3 Å². The molecule has 1 aromatic carbocycles. The van der Waals surface area contributed by atoms with Gasteiger partial charge in [-0.2, -0.15) is 0 Å². The van der Waals surface area contributed by atoms with Gasteiger partial charge in [0.25, 0.3) is 0 Å². The van der Waals surface area contributed by atoms with E-state index in [1.807, 2.05) is 12.1 Å². The minimum Gasteiger partial charge on any atom is -0.294 e. The van der Waals surface area contributed by atoms with Crippen molar-refractivity contribution in [1.29, 1.82) is 0 Å². The first-order valence-electron chi connectivity index (χ1n) is 5.99. The van der Waals surface area contributed by atoms with Gasteiger partial charge in [0.1, 0.15) is 0 Å². The van der Waals surface area contributed by atoms with Gasteiger partial charge in [0.15, 0.2) is 5.78 Å². The van der Waals surface area contributed by atoms with Gasteiger partial charge in [0.05, 0.1) is 0 Å². The Morgan fingerprint density at radius 3 is 2.60 bits per heavy atom. The highest BCUT2D eigenvalue weighted by molar-refractivity contribution is 6.03. The maximum absolute atomic E-state index is 12.3. The van der Waals surface area contributed by atoms with E-state index >= 15 is 0 Å². The van der Waals surface area contributed by atoms with E-state index < -0.39 is 0 Å². The molecule has 15 heavy (non-hydrogen) atoms. The van der Waals surface area contributed by atoms with Crippen LogP contribution in [0.5, 0.6) is 0 Å². The first-order chi connectivity index (χ1) is 7.36. The van der Waals surface area contributed by atoms with E-state index in [1.54, 1.807) is 0 Å². The number of Topliss-reactive ketones (excluding diaryl/α,β-unsaturated/α-hetero) is 1. The lowest BCUT2D eigenvalue weighted by Crippen LogP contribution is -2.20. The van der Waals surface area contributed by atoms with Crippen molar-refractivity contribution >= 4 is 5.78 Å². The van der Waals surface area contributed by atoms with Gasteiger partial charge in [0, 0.05) is 11.5 Å². The van der Waals surface area contributed by atoms with E-state index in [-0.39, 0.29) is 0 Å². The van der Waals surface area contributed by atoms with E-state index in [1.165, 1.54) is 24.8 Å². The van der Waals surface area contributed by atoms with Crippen LogP contribution >= 0.6 is 0 Å². The van der Waals surface area contributed by atoms with E-state index in [0.717, 1.165) is 11.5 Å². The van der Waals surface area contributed by atoms with Crippen LogP contribution in [0.25, 0.3) is 0 Å². The number of carbonyl (C=O) groups is 1. The second kappa shape index (κ2) is 2.52. The van der Waals surface area contributed by atoms with E-state index in [2.05, 4.69) is 12.1 Å². The van der Waals surface area contributed by atoms with E-state index in [0.29, 0.717) is 23.5 Å². The number of benzene rings is 1. The standard InChI is InChI=1S/C14H14O/c15-14-11-4-2-1-3-10(11)12-8-5-6-9(7-8)13(12)14/h1-4,8-9,12-13H,5-7H2/t8-,9-,12-,13+/m0/s1. The lowest BCUT2D eigenvalue weighted by molar-refractivity contribution is 0.0883. The van der Waals surface area contributed by atoms with Gasteiger partial charge in [-0.1, -0.05) is 24.3 Å². The maximum Gasteiger partial charge on any atom is 0.167 e. The van der Waals surface area contributed by atoms with Crippen LogP contribution in [0.3, 0.4) is 0 Å². The Morgan fingerprint density at radius 1 is 1.00 bits per heavy atom. The Kier molecular flexibility index (Phi) is 1.36. The summed E-state index contributed by atoms with van der Waals surface area (Å²) in [5.41, 5.74) is 2.39. The Labute approximate surface area is 89.5 Å². The van der Waals surface area contributed by atoms with Gasteiger partial charge in [-0.25, -0.2) is 0 Å². The summed E-state index contributed by atoms with van der Waals surface area (Å²) in [7, 11) is 0. The van der Waals surface area contributed by atoms with Crippen molar-refractivity contribution in [2.45, 2.75) is 25.2 Å². The highest BCUT2D eigenvalue weighted by atomic mass is 16.1. The van der Waals surface area contributed by atoms with E-state index in [9.17, 15) is 4.79 Å². The van der Waals surface area contributed by atoms with Crippen molar-refractivity contribution < 1.29 is 4.79 Å². The highest BCUT2D eigenvalue weighted by Gasteiger charge is 2.55. The molecule has 0 spiro atoms. The lowest BCUT2D eigenvalue weighted by atomic mass is 9.79. The molecule has 0 aliphatic heterocycles. The summed E-state index contributed by atoms with van der Waals surface area (Å²) in [5, 5.41) is 0. The zero-order chi connectivity index (χ0) is 9.99. The summed E-state index contributed by atoms with van der Waals surface area (Å²) in [4.78, 5) is 12.3. The number of rotatable bonds is 0. The van der Waals surface area contributed by atoms with Gasteiger partial charge >= 0.3 is 0 Å². The average molecular weight is 198 g/mol. The molecule has 4 atom stereocenters. The predicted octanol–water partition coefficient (Wildman–Crippen LogP) is 3.01. The second-order valence-corrected chi connectivity index (χ2v) is 5.34. The summed E-state index contributed by atoms with van der Waals surface area (Å²) in [6.07, 6.45) is 3.97. The van der Waals surface area contributed by atoms with Crippen LogP contribution in [-0.2, 0) is 0 Å². The van der Waals surface area contributed by atoms with Gasteiger partial charge in [-0.05, 0) is 42.6 Å². The molecule has 1 aromatic rings. The monoisotopic (exact) mass is 198 g/mol. The number of fused-ring (bicyclic) bond motifs is 7. The number of hydrogen-bond acceptors (Lipinski definition) is 1. The molecule has 0 aromatic heterocycles. The number of hydrogen-bond donors (Lipinski definition) is 0. The Balaban J connectivity index is 1.93. The third-order valence-electron chi connectivity index (χ3n) is 4.80. The fourth-order valence-corrected chi connectivity index (χ4v) is 4.31. The van der Waals surface area contributed by atoms with Crippen molar-refractivity contribution in [2.75, 3.05) is 0 Å². The normalized spacial score (nSPS) is 40.7. The van der Waals surface area contributed by atoms with Crippen molar-refractivity contribution in [1.82, 2.24) is 0 Å². The van der Waals surface area contributed by atoms with Crippen molar-refractivity contribution in [3.8, 4) is 0 Å². The zero-order valence-corrected chi connectivity index (χ0v) is 8.65. The van der Waals surface area contributed by atoms with Crippen molar-refractivity contribution in [3.63, 3.8) is 0 Å². The molecule has 3 aliphatic carbocycles. The fourth-order valence-electron chi connectivity index (χ4n) is 4.31. The summed E-state index contributed by atoms with van der Waals surface area (Å²) in [5.74, 6) is 2.92. The molecule has 4 rings (SSSR count). The summed E-state index contributed by atoms with van der Waals surface area (Å²) < 4.78 is 0.